The van der Waals surface area contributed by atoms with E-state index in [0.717, 1.165) is 0 Å². The molecule has 0 aliphatic carbocycles. The van der Waals surface area contributed by atoms with E-state index in [0.29, 0.717) is 5.69 Å². The van der Waals surface area contributed by atoms with Crippen LogP contribution in [0.2, 0.25) is 0 Å². The van der Waals surface area contributed by atoms with Gasteiger partial charge in [0.15, 0.2) is 0 Å². The fourth-order valence-corrected chi connectivity index (χ4v) is 0.722. The van der Waals surface area contributed by atoms with Gasteiger partial charge in [-0.05, 0) is 17.7 Å². The Morgan fingerprint density at radius 1 is 1.20 bits per heavy atom. The molecule has 76 valence electrons. The third kappa shape index (κ3) is 4.79. The first-order chi connectivity index (χ1) is 7.15. The minimum absolute atomic E-state index is 0.173. The van der Waals surface area contributed by atoms with E-state index in [1.165, 1.54) is 29.2 Å². The van der Waals surface area contributed by atoms with Gasteiger partial charge in [-0.15, -0.1) is 0 Å². The van der Waals surface area contributed by atoms with Gasteiger partial charge in [-0.3, -0.25) is 4.91 Å². The maximum atomic E-state index is 10.4. The summed E-state index contributed by atoms with van der Waals surface area (Å²) in [6, 6.07) is 5.66. The van der Waals surface area contributed by atoms with Crippen LogP contribution in [-0.4, -0.2) is 11.1 Å². The summed E-state index contributed by atoms with van der Waals surface area (Å²) in [5.41, 5.74) is 22.1. The van der Waals surface area contributed by atoms with Gasteiger partial charge in [0.05, 0.1) is 5.56 Å². The van der Waals surface area contributed by atoms with Crippen molar-refractivity contribution in [1.82, 2.24) is 0 Å². The van der Waals surface area contributed by atoms with Gasteiger partial charge >= 0.3 is 5.97 Å². The molecule has 1 rings (SSSR count). The summed E-state index contributed by atoms with van der Waals surface area (Å²) in [6.45, 7) is 0. The summed E-state index contributed by atoms with van der Waals surface area (Å²) in [4.78, 5) is 14.4. The minimum Gasteiger partial charge on any atom is -0.478 e. The standard InChI is InChI=1S/C7H5N3O2.N3/c8-10-9-6-3-1-5(2-4-6)7(11)12;1-3-2/h1-4H,(H,11,12);/q;-1. The molecule has 8 heteroatoms. The molecule has 0 heterocycles. The summed E-state index contributed by atoms with van der Waals surface area (Å²) >= 11 is 0. The molecule has 1 aromatic carbocycles. The van der Waals surface area contributed by atoms with Gasteiger partial charge < -0.3 is 16.2 Å². The fourth-order valence-electron chi connectivity index (χ4n) is 0.722. The average molecular weight is 205 g/mol. The second-order valence-corrected chi connectivity index (χ2v) is 2.13. The third-order valence-corrected chi connectivity index (χ3v) is 1.27. The fraction of sp³-hybridized carbons (Fsp3) is 0. The summed E-state index contributed by atoms with van der Waals surface area (Å²) in [5, 5.41) is 11.8. The molecule has 0 atom stereocenters. The number of benzene rings is 1. The number of aromatic carboxylic acids is 1. The number of rotatable bonds is 2. The van der Waals surface area contributed by atoms with Crippen molar-refractivity contribution >= 4 is 11.7 Å². The van der Waals surface area contributed by atoms with Crippen LogP contribution in [0, 0.1) is 0 Å². The largest absolute Gasteiger partial charge is 0.478 e. The first kappa shape index (κ1) is 12.3. The Kier molecular flexibility index (Phi) is 5.57. The van der Waals surface area contributed by atoms with E-state index in [4.69, 9.17) is 21.7 Å². The van der Waals surface area contributed by atoms with E-state index in [-0.39, 0.29) is 5.56 Å². The molecule has 0 saturated carbocycles. The van der Waals surface area contributed by atoms with Gasteiger partial charge in [-0.25, -0.2) is 4.79 Å². The molecule has 0 fully saturated rings. The highest BCUT2D eigenvalue weighted by atomic mass is 16.4. The van der Waals surface area contributed by atoms with Crippen LogP contribution >= 0.6 is 0 Å². The van der Waals surface area contributed by atoms with Crippen molar-refractivity contribution in [3.63, 3.8) is 0 Å². The lowest BCUT2D eigenvalue weighted by Crippen LogP contribution is -1.93. The Bertz CT molecular complexity index is 393. The van der Waals surface area contributed by atoms with Crippen molar-refractivity contribution in [3.05, 3.63) is 56.2 Å². The first-order valence-corrected chi connectivity index (χ1v) is 3.52. The van der Waals surface area contributed by atoms with Gasteiger partial charge in [-0.2, -0.15) is 0 Å². The van der Waals surface area contributed by atoms with Crippen molar-refractivity contribution in [1.29, 1.82) is 0 Å². The first-order valence-electron chi connectivity index (χ1n) is 3.52. The lowest BCUT2D eigenvalue weighted by molar-refractivity contribution is 0.0697. The van der Waals surface area contributed by atoms with Crippen molar-refractivity contribution < 1.29 is 9.90 Å². The van der Waals surface area contributed by atoms with Gasteiger partial charge in [0.25, 0.3) is 0 Å². The Morgan fingerprint density at radius 3 is 2.00 bits per heavy atom. The maximum Gasteiger partial charge on any atom is 0.335 e. The minimum atomic E-state index is -0.998. The van der Waals surface area contributed by atoms with Crippen LogP contribution < -0.4 is 0 Å². The molecule has 0 aliphatic heterocycles. The van der Waals surface area contributed by atoms with E-state index < -0.39 is 5.97 Å². The average Bonchev–Trinajstić information content (AvgIpc) is 2.20. The van der Waals surface area contributed by atoms with Crippen LogP contribution in [0.25, 0.3) is 26.4 Å². The van der Waals surface area contributed by atoms with Crippen LogP contribution in [0.15, 0.2) is 29.4 Å². The highest BCUT2D eigenvalue weighted by Gasteiger charge is 1.99. The number of hydrogen-bond donors (Lipinski definition) is 1. The zero-order valence-electron chi connectivity index (χ0n) is 7.35. The number of azide groups is 1. The molecular weight excluding hydrogens is 200 g/mol. The monoisotopic (exact) mass is 205 g/mol. The maximum absolute atomic E-state index is 10.4. The van der Waals surface area contributed by atoms with Gasteiger partial charge in [0, 0.05) is 10.6 Å². The topological polar surface area (TPSA) is 145 Å². The lowest BCUT2D eigenvalue weighted by Gasteiger charge is -1.92. The van der Waals surface area contributed by atoms with Crippen LogP contribution in [-0.2, 0) is 0 Å². The molecule has 0 radical (unpaired) electrons. The molecule has 0 unspecified atom stereocenters. The molecular formula is C7H5N6O2-. The van der Waals surface area contributed by atoms with Crippen molar-refractivity contribution in [2.45, 2.75) is 0 Å². The molecule has 1 N–H and O–H groups in total. The van der Waals surface area contributed by atoms with Crippen LogP contribution in [0.4, 0.5) is 5.69 Å². The molecule has 0 aromatic heterocycles. The second kappa shape index (κ2) is 6.79. The van der Waals surface area contributed by atoms with Crippen LogP contribution in [0.5, 0.6) is 0 Å². The molecule has 0 saturated heterocycles. The van der Waals surface area contributed by atoms with E-state index >= 15 is 0 Å². The van der Waals surface area contributed by atoms with Gasteiger partial charge in [-0.1, -0.05) is 17.2 Å². The van der Waals surface area contributed by atoms with Crippen molar-refractivity contribution in [2.75, 3.05) is 0 Å². The number of hydrogen-bond acceptors (Lipinski definition) is 2. The lowest BCUT2D eigenvalue weighted by atomic mass is 10.2. The van der Waals surface area contributed by atoms with Crippen LogP contribution in [0.3, 0.4) is 0 Å². The van der Waals surface area contributed by atoms with Gasteiger partial charge in [0.2, 0.25) is 0 Å². The second-order valence-electron chi connectivity index (χ2n) is 2.13. The molecule has 8 nitrogen and oxygen atoms in total. The summed E-state index contributed by atoms with van der Waals surface area (Å²) in [5.74, 6) is -0.998. The van der Waals surface area contributed by atoms with Crippen molar-refractivity contribution in [3.8, 4) is 0 Å². The number of nitrogens with zero attached hydrogens (tertiary/aromatic N) is 6. The Morgan fingerprint density at radius 2 is 1.67 bits per heavy atom. The number of carboxylic acids is 1. The summed E-state index contributed by atoms with van der Waals surface area (Å²) in [6.07, 6.45) is 0. The molecule has 0 amide bonds. The smallest absolute Gasteiger partial charge is 0.335 e. The van der Waals surface area contributed by atoms with Gasteiger partial charge in [0.1, 0.15) is 0 Å². The van der Waals surface area contributed by atoms with E-state index in [9.17, 15) is 4.79 Å². The highest BCUT2D eigenvalue weighted by molar-refractivity contribution is 5.87. The Balaban J connectivity index is 0.000000583. The molecule has 0 aliphatic rings. The zero-order chi connectivity index (χ0) is 11.7. The molecule has 0 spiro atoms. The Hall–Kier alpha value is -2.69. The highest BCUT2D eigenvalue weighted by Crippen LogP contribution is 2.12. The predicted octanol–water partition coefficient (Wildman–Crippen LogP) is 3.19. The summed E-state index contributed by atoms with van der Waals surface area (Å²) < 4.78 is 0. The summed E-state index contributed by atoms with van der Waals surface area (Å²) in [7, 11) is 0. The van der Waals surface area contributed by atoms with E-state index in [1.54, 1.807) is 0 Å². The van der Waals surface area contributed by atoms with E-state index in [2.05, 4.69) is 10.0 Å². The number of carbonyl (C=O) groups is 1. The van der Waals surface area contributed by atoms with E-state index in [1.807, 2.05) is 0 Å². The van der Waals surface area contributed by atoms with Crippen LogP contribution in [0.1, 0.15) is 10.4 Å². The molecule has 1 aromatic rings. The third-order valence-electron chi connectivity index (χ3n) is 1.27. The molecule has 0 bridgehead atoms. The zero-order valence-corrected chi connectivity index (χ0v) is 7.35. The molecule has 15 heavy (non-hydrogen) atoms. The quantitative estimate of drug-likeness (QED) is 0.448. The van der Waals surface area contributed by atoms with Crippen molar-refractivity contribution in [2.24, 2.45) is 5.11 Å². The Labute approximate surface area is 83.8 Å². The predicted molar refractivity (Wildman–Crippen MR) is 52.3 cm³/mol. The SMILES string of the molecule is [N-]=[N+]=Nc1ccc(C(=O)O)cc1.[N-]=[N+]=[N-]. The normalized spacial score (nSPS) is 7.47. The number of carboxylic acid groups (broad SMARTS) is 1.